The number of hydrogen-bond acceptors (Lipinski definition) is 2. The van der Waals surface area contributed by atoms with Crippen molar-refractivity contribution in [2.24, 2.45) is 0 Å². The first-order valence-electron chi connectivity index (χ1n) is 4.59. The molecule has 1 N–H and O–H groups in total. The van der Waals surface area contributed by atoms with Gasteiger partial charge in [-0.2, -0.15) is 0 Å². The summed E-state index contributed by atoms with van der Waals surface area (Å²) in [5.74, 6) is -0.304. The summed E-state index contributed by atoms with van der Waals surface area (Å²) < 4.78 is 13.2. The van der Waals surface area contributed by atoms with Crippen LogP contribution >= 0.6 is 15.9 Å². The van der Waals surface area contributed by atoms with Crippen LogP contribution in [0, 0.1) is 5.82 Å². The van der Waals surface area contributed by atoms with E-state index in [1.165, 1.54) is 6.20 Å². The minimum Gasteiger partial charge on any atom is -0.380 e. The van der Waals surface area contributed by atoms with E-state index in [-0.39, 0.29) is 11.9 Å². The van der Waals surface area contributed by atoms with Crippen LogP contribution in [0.15, 0.2) is 18.5 Å². The van der Waals surface area contributed by atoms with E-state index in [4.69, 9.17) is 0 Å². The molecule has 0 fully saturated rings. The first kappa shape index (κ1) is 11.4. The molecule has 14 heavy (non-hydrogen) atoms. The zero-order valence-corrected chi connectivity index (χ0v) is 9.88. The molecule has 1 heterocycles. The van der Waals surface area contributed by atoms with Gasteiger partial charge in [0.1, 0.15) is 0 Å². The third kappa shape index (κ3) is 3.62. The number of aromatic nitrogens is 1. The normalized spacial score (nSPS) is 14.9. The van der Waals surface area contributed by atoms with Gasteiger partial charge in [0.15, 0.2) is 5.82 Å². The molecule has 2 unspecified atom stereocenters. The number of rotatable bonds is 4. The summed E-state index contributed by atoms with van der Waals surface area (Å²) in [6, 6.07) is 1.88. The lowest BCUT2D eigenvalue weighted by Gasteiger charge is -2.16. The third-order valence-corrected chi connectivity index (χ3v) is 2.23. The standard InChI is InChI=1S/C10H14BrFN2/c1-7(11)5-8(2)14-10-3-4-13-6-9(10)12/h3-4,6-8H,5H2,1-2H3,(H,13,14). The molecule has 0 spiro atoms. The van der Waals surface area contributed by atoms with Crippen LogP contribution in [-0.4, -0.2) is 15.9 Å². The number of hydrogen-bond donors (Lipinski definition) is 1. The van der Waals surface area contributed by atoms with Gasteiger partial charge < -0.3 is 5.32 Å². The van der Waals surface area contributed by atoms with Crippen LogP contribution in [0.4, 0.5) is 10.1 Å². The second-order valence-electron chi connectivity index (χ2n) is 3.42. The summed E-state index contributed by atoms with van der Waals surface area (Å²) in [4.78, 5) is 4.11. The molecule has 0 saturated carbocycles. The largest absolute Gasteiger partial charge is 0.380 e. The van der Waals surface area contributed by atoms with Gasteiger partial charge in [-0.1, -0.05) is 22.9 Å². The summed E-state index contributed by atoms with van der Waals surface area (Å²) in [7, 11) is 0. The van der Waals surface area contributed by atoms with Crippen LogP contribution in [0.25, 0.3) is 0 Å². The molecule has 78 valence electrons. The molecule has 0 aliphatic heterocycles. The maximum Gasteiger partial charge on any atom is 0.164 e. The molecule has 1 aromatic heterocycles. The topological polar surface area (TPSA) is 24.9 Å². The van der Waals surface area contributed by atoms with E-state index < -0.39 is 0 Å². The zero-order chi connectivity index (χ0) is 10.6. The van der Waals surface area contributed by atoms with E-state index in [9.17, 15) is 4.39 Å². The van der Waals surface area contributed by atoms with Crippen molar-refractivity contribution in [1.29, 1.82) is 0 Å². The van der Waals surface area contributed by atoms with Crippen molar-refractivity contribution in [3.63, 3.8) is 0 Å². The van der Waals surface area contributed by atoms with Crippen molar-refractivity contribution in [3.05, 3.63) is 24.3 Å². The second kappa shape index (κ2) is 5.29. The predicted molar refractivity (Wildman–Crippen MR) is 60.3 cm³/mol. The molecule has 0 aliphatic carbocycles. The van der Waals surface area contributed by atoms with Crippen LogP contribution < -0.4 is 5.32 Å². The number of nitrogens with one attached hydrogen (secondary N) is 1. The molecule has 2 atom stereocenters. The highest BCUT2D eigenvalue weighted by Gasteiger charge is 2.08. The molecule has 2 nitrogen and oxygen atoms in total. The third-order valence-electron chi connectivity index (χ3n) is 1.85. The van der Waals surface area contributed by atoms with Crippen molar-refractivity contribution in [3.8, 4) is 0 Å². The SMILES string of the molecule is CC(Br)CC(C)Nc1ccncc1F. The van der Waals surface area contributed by atoms with Crippen LogP contribution in [0.3, 0.4) is 0 Å². The lowest BCUT2D eigenvalue weighted by Crippen LogP contribution is -2.19. The zero-order valence-electron chi connectivity index (χ0n) is 8.30. The van der Waals surface area contributed by atoms with Crippen molar-refractivity contribution >= 4 is 21.6 Å². The molecular weight excluding hydrogens is 247 g/mol. The van der Waals surface area contributed by atoms with E-state index in [1.54, 1.807) is 12.3 Å². The molecule has 1 aromatic rings. The van der Waals surface area contributed by atoms with Crippen molar-refractivity contribution in [2.45, 2.75) is 31.1 Å². The molecule has 0 bridgehead atoms. The highest BCUT2D eigenvalue weighted by molar-refractivity contribution is 9.09. The van der Waals surface area contributed by atoms with Crippen LogP contribution in [0.5, 0.6) is 0 Å². The van der Waals surface area contributed by atoms with Gasteiger partial charge in [0.05, 0.1) is 11.9 Å². The highest BCUT2D eigenvalue weighted by Crippen LogP contribution is 2.15. The van der Waals surface area contributed by atoms with E-state index in [1.807, 2.05) is 6.92 Å². The van der Waals surface area contributed by atoms with Crippen LogP contribution in [0.1, 0.15) is 20.3 Å². The minimum absolute atomic E-state index is 0.237. The number of nitrogens with zero attached hydrogens (tertiary/aromatic N) is 1. The monoisotopic (exact) mass is 260 g/mol. The maximum atomic E-state index is 13.2. The van der Waals surface area contributed by atoms with Gasteiger partial charge in [0, 0.05) is 17.1 Å². The van der Waals surface area contributed by atoms with Gasteiger partial charge in [-0.25, -0.2) is 4.39 Å². The lowest BCUT2D eigenvalue weighted by atomic mass is 10.2. The Hall–Kier alpha value is -0.640. The lowest BCUT2D eigenvalue weighted by molar-refractivity contribution is 0.616. The van der Waals surface area contributed by atoms with E-state index in [0.717, 1.165) is 6.42 Å². The second-order valence-corrected chi connectivity index (χ2v) is 4.98. The fourth-order valence-electron chi connectivity index (χ4n) is 1.30. The highest BCUT2D eigenvalue weighted by atomic mass is 79.9. The van der Waals surface area contributed by atoms with E-state index >= 15 is 0 Å². The molecule has 0 aromatic carbocycles. The number of alkyl halides is 1. The molecule has 0 radical (unpaired) electrons. The first-order chi connectivity index (χ1) is 6.59. The quantitative estimate of drug-likeness (QED) is 0.842. The van der Waals surface area contributed by atoms with Crippen molar-refractivity contribution in [1.82, 2.24) is 4.98 Å². The Kier molecular flexibility index (Phi) is 4.32. The Bertz CT molecular complexity index is 291. The number of anilines is 1. The van der Waals surface area contributed by atoms with Gasteiger partial charge in [0.2, 0.25) is 0 Å². The van der Waals surface area contributed by atoms with E-state index in [2.05, 4.69) is 33.2 Å². The average molecular weight is 261 g/mol. The fraction of sp³-hybridized carbons (Fsp3) is 0.500. The fourth-order valence-corrected chi connectivity index (χ4v) is 1.86. The smallest absolute Gasteiger partial charge is 0.164 e. The van der Waals surface area contributed by atoms with E-state index in [0.29, 0.717) is 10.5 Å². The first-order valence-corrected chi connectivity index (χ1v) is 5.51. The van der Waals surface area contributed by atoms with Gasteiger partial charge in [-0.3, -0.25) is 4.98 Å². The number of pyridine rings is 1. The van der Waals surface area contributed by atoms with Crippen LogP contribution in [0.2, 0.25) is 0 Å². The predicted octanol–water partition coefficient (Wildman–Crippen LogP) is 3.19. The average Bonchev–Trinajstić information content (AvgIpc) is 2.07. The summed E-state index contributed by atoms with van der Waals surface area (Å²) >= 11 is 3.46. The molecule has 1 rings (SSSR count). The van der Waals surface area contributed by atoms with Gasteiger partial charge in [0.25, 0.3) is 0 Å². The molecule has 0 saturated heterocycles. The van der Waals surface area contributed by atoms with Gasteiger partial charge in [-0.15, -0.1) is 0 Å². The van der Waals surface area contributed by atoms with Crippen LogP contribution in [-0.2, 0) is 0 Å². The van der Waals surface area contributed by atoms with Crippen molar-refractivity contribution in [2.75, 3.05) is 5.32 Å². The summed E-state index contributed by atoms with van der Waals surface area (Å²) in [6.07, 6.45) is 3.74. The Morgan fingerprint density at radius 2 is 2.29 bits per heavy atom. The van der Waals surface area contributed by atoms with Gasteiger partial charge in [-0.05, 0) is 19.4 Å². The Labute approximate surface area is 92.1 Å². The molecule has 0 aliphatic rings. The van der Waals surface area contributed by atoms with Crippen molar-refractivity contribution < 1.29 is 4.39 Å². The minimum atomic E-state index is -0.304. The summed E-state index contributed by atoms with van der Waals surface area (Å²) in [5.41, 5.74) is 0.514. The Morgan fingerprint density at radius 1 is 1.57 bits per heavy atom. The molecule has 4 heteroatoms. The molecule has 0 amide bonds. The Morgan fingerprint density at radius 3 is 2.86 bits per heavy atom. The number of halogens is 2. The van der Waals surface area contributed by atoms with Gasteiger partial charge >= 0.3 is 0 Å². The Balaban J connectivity index is 2.56. The maximum absolute atomic E-state index is 13.2. The molecular formula is C10H14BrFN2. The summed E-state index contributed by atoms with van der Waals surface area (Å²) in [5, 5.41) is 3.10. The summed E-state index contributed by atoms with van der Waals surface area (Å²) in [6.45, 7) is 4.10.